The van der Waals surface area contributed by atoms with Crippen molar-refractivity contribution in [1.82, 2.24) is 10.6 Å². The molecule has 5 nitrogen and oxygen atoms in total. The van der Waals surface area contributed by atoms with Crippen molar-refractivity contribution in [3.8, 4) is 5.75 Å². The standard InChI is InChI=1S/C21H37N3O2/c1-6-21(7-2,13-14-25)16-24-20(22-8-3)23-15-17(4)18-11-9-10-12-19(18)26-5/h9-12,17,25H,6-8,13-16H2,1-5H3,(H2,22,23,24). The summed E-state index contributed by atoms with van der Waals surface area (Å²) in [7, 11) is 1.71. The fraction of sp³-hybridized carbons (Fsp3) is 0.667. The average molecular weight is 364 g/mol. The lowest BCUT2D eigenvalue weighted by atomic mass is 9.79. The molecule has 0 radical (unpaired) electrons. The van der Waals surface area contributed by atoms with Crippen LogP contribution >= 0.6 is 0 Å². The maximum Gasteiger partial charge on any atom is 0.191 e. The minimum Gasteiger partial charge on any atom is -0.496 e. The van der Waals surface area contributed by atoms with Gasteiger partial charge in [0.15, 0.2) is 5.96 Å². The maximum atomic E-state index is 9.39. The number of nitrogens with one attached hydrogen (secondary N) is 2. The molecule has 0 aliphatic carbocycles. The summed E-state index contributed by atoms with van der Waals surface area (Å²) in [6, 6.07) is 8.14. The zero-order valence-electron chi connectivity index (χ0n) is 17.1. The Morgan fingerprint density at radius 2 is 1.88 bits per heavy atom. The van der Waals surface area contributed by atoms with E-state index in [1.807, 2.05) is 18.2 Å². The Bertz CT molecular complexity index is 542. The van der Waals surface area contributed by atoms with E-state index in [0.29, 0.717) is 5.92 Å². The zero-order valence-corrected chi connectivity index (χ0v) is 17.1. The van der Waals surface area contributed by atoms with Crippen LogP contribution in [0.2, 0.25) is 0 Å². The minimum absolute atomic E-state index is 0.0748. The molecule has 148 valence electrons. The molecule has 1 aromatic rings. The van der Waals surface area contributed by atoms with Gasteiger partial charge in [0.1, 0.15) is 5.75 Å². The van der Waals surface area contributed by atoms with Gasteiger partial charge in [-0.1, -0.05) is 39.0 Å². The van der Waals surface area contributed by atoms with Gasteiger partial charge in [0.25, 0.3) is 0 Å². The highest BCUT2D eigenvalue weighted by Gasteiger charge is 2.25. The van der Waals surface area contributed by atoms with E-state index in [-0.39, 0.29) is 12.0 Å². The van der Waals surface area contributed by atoms with Crippen LogP contribution in [0.4, 0.5) is 0 Å². The smallest absolute Gasteiger partial charge is 0.191 e. The molecule has 26 heavy (non-hydrogen) atoms. The molecule has 0 aromatic heterocycles. The molecule has 0 heterocycles. The third-order valence-electron chi connectivity index (χ3n) is 5.30. The first-order valence-corrected chi connectivity index (χ1v) is 9.81. The molecule has 1 aromatic carbocycles. The largest absolute Gasteiger partial charge is 0.496 e. The van der Waals surface area contributed by atoms with E-state index in [4.69, 9.17) is 9.73 Å². The third kappa shape index (κ3) is 6.52. The molecule has 0 saturated heterocycles. The number of benzene rings is 1. The second kappa shape index (κ2) is 11.8. The number of para-hydroxylation sites is 1. The highest BCUT2D eigenvalue weighted by molar-refractivity contribution is 5.79. The van der Waals surface area contributed by atoms with Gasteiger partial charge in [-0.2, -0.15) is 0 Å². The number of hydrogen-bond donors (Lipinski definition) is 3. The predicted octanol–water partition coefficient (Wildman–Crippen LogP) is 3.54. The predicted molar refractivity (Wildman–Crippen MR) is 110 cm³/mol. The summed E-state index contributed by atoms with van der Waals surface area (Å²) in [6.45, 7) is 11.1. The summed E-state index contributed by atoms with van der Waals surface area (Å²) in [5.74, 6) is 2.05. The average Bonchev–Trinajstić information content (AvgIpc) is 2.68. The van der Waals surface area contributed by atoms with Crippen LogP contribution in [-0.2, 0) is 0 Å². The molecular formula is C21H37N3O2. The Morgan fingerprint density at radius 1 is 1.19 bits per heavy atom. The lowest BCUT2D eigenvalue weighted by Crippen LogP contribution is -2.40. The van der Waals surface area contributed by atoms with E-state index in [9.17, 15) is 5.11 Å². The number of aliphatic imine (C=N–C) groups is 1. The van der Waals surface area contributed by atoms with E-state index in [0.717, 1.165) is 50.6 Å². The van der Waals surface area contributed by atoms with Crippen LogP contribution in [0, 0.1) is 5.41 Å². The SMILES string of the molecule is CCNC(=NCC(CC)(CC)CCO)NCC(C)c1ccccc1OC. The van der Waals surface area contributed by atoms with Crippen molar-refractivity contribution in [2.45, 2.75) is 52.9 Å². The van der Waals surface area contributed by atoms with Crippen LogP contribution in [0.1, 0.15) is 58.4 Å². The number of ether oxygens (including phenoxy) is 1. The summed E-state index contributed by atoms with van der Waals surface area (Å²) < 4.78 is 5.47. The highest BCUT2D eigenvalue weighted by atomic mass is 16.5. The van der Waals surface area contributed by atoms with Crippen molar-refractivity contribution in [3.63, 3.8) is 0 Å². The highest BCUT2D eigenvalue weighted by Crippen LogP contribution is 2.30. The minimum atomic E-state index is 0.0748. The van der Waals surface area contributed by atoms with Gasteiger partial charge in [-0.15, -0.1) is 0 Å². The van der Waals surface area contributed by atoms with E-state index >= 15 is 0 Å². The first-order chi connectivity index (χ1) is 12.6. The molecule has 0 saturated carbocycles. The molecule has 0 aliphatic rings. The number of rotatable bonds is 11. The van der Waals surface area contributed by atoms with Crippen molar-refractivity contribution in [2.75, 3.05) is 33.4 Å². The summed E-state index contributed by atoms with van der Waals surface area (Å²) in [5.41, 5.74) is 1.26. The number of hydrogen-bond acceptors (Lipinski definition) is 3. The molecule has 1 rings (SSSR count). The first-order valence-electron chi connectivity index (χ1n) is 9.81. The van der Waals surface area contributed by atoms with Crippen molar-refractivity contribution >= 4 is 5.96 Å². The molecule has 0 bridgehead atoms. The molecular weight excluding hydrogens is 326 g/mol. The topological polar surface area (TPSA) is 65.9 Å². The molecule has 1 unspecified atom stereocenters. The fourth-order valence-electron chi connectivity index (χ4n) is 3.17. The lowest BCUT2D eigenvalue weighted by Gasteiger charge is -2.29. The molecule has 0 fully saturated rings. The van der Waals surface area contributed by atoms with Gasteiger partial charge in [0.2, 0.25) is 0 Å². The molecule has 1 atom stereocenters. The summed E-state index contributed by atoms with van der Waals surface area (Å²) in [5, 5.41) is 16.2. The quantitative estimate of drug-likeness (QED) is 0.416. The fourth-order valence-corrected chi connectivity index (χ4v) is 3.17. The van der Waals surface area contributed by atoms with Gasteiger partial charge in [-0.25, -0.2) is 0 Å². The van der Waals surface area contributed by atoms with Crippen LogP contribution in [-0.4, -0.2) is 44.4 Å². The van der Waals surface area contributed by atoms with Gasteiger partial charge in [-0.3, -0.25) is 4.99 Å². The molecule has 3 N–H and O–H groups in total. The summed E-state index contributed by atoms with van der Waals surface area (Å²) in [6.07, 6.45) is 2.83. The Balaban J connectivity index is 2.78. The number of guanidine groups is 1. The van der Waals surface area contributed by atoms with Gasteiger partial charge in [-0.05, 0) is 43.2 Å². The monoisotopic (exact) mass is 363 g/mol. The van der Waals surface area contributed by atoms with Crippen molar-refractivity contribution in [1.29, 1.82) is 0 Å². The third-order valence-corrected chi connectivity index (χ3v) is 5.30. The molecule has 0 amide bonds. The molecule has 0 aliphatic heterocycles. The normalized spacial score (nSPS) is 13.4. The number of methoxy groups -OCH3 is 1. The maximum absolute atomic E-state index is 9.39. The summed E-state index contributed by atoms with van der Waals surface area (Å²) in [4.78, 5) is 4.81. The number of aliphatic hydroxyl groups excluding tert-OH is 1. The van der Waals surface area contributed by atoms with E-state index in [2.05, 4.69) is 44.4 Å². The van der Waals surface area contributed by atoms with Crippen molar-refractivity contribution in [2.24, 2.45) is 10.4 Å². The Kier molecular flexibility index (Phi) is 10.1. The van der Waals surface area contributed by atoms with Crippen molar-refractivity contribution in [3.05, 3.63) is 29.8 Å². The van der Waals surface area contributed by atoms with Crippen LogP contribution in [0.5, 0.6) is 5.75 Å². The van der Waals surface area contributed by atoms with Crippen LogP contribution in [0.15, 0.2) is 29.3 Å². The number of nitrogens with zero attached hydrogens (tertiary/aromatic N) is 1. The first kappa shape index (κ1) is 22.3. The summed E-state index contributed by atoms with van der Waals surface area (Å²) >= 11 is 0. The Labute approximate surface area is 159 Å². The second-order valence-electron chi connectivity index (χ2n) is 6.90. The molecule has 5 heteroatoms. The zero-order chi connectivity index (χ0) is 19.4. The number of aliphatic hydroxyl groups is 1. The lowest BCUT2D eigenvalue weighted by molar-refractivity contribution is 0.175. The van der Waals surface area contributed by atoms with Gasteiger partial charge < -0.3 is 20.5 Å². The van der Waals surface area contributed by atoms with E-state index in [1.54, 1.807) is 7.11 Å². The van der Waals surface area contributed by atoms with E-state index < -0.39 is 0 Å². The van der Waals surface area contributed by atoms with Gasteiger partial charge in [0.05, 0.1) is 7.11 Å². The molecule has 0 spiro atoms. The van der Waals surface area contributed by atoms with E-state index in [1.165, 1.54) is 5.56 Å². The van der Waals surface area contributed by atoms with Crippen LogP contribution < -0.4 is 15.4 Å². The Morgan fingerprint density at radius 3 is 2.46 bits per heavy atom. The van der Waals surface area contributed by atoms with Crippen LogP contribution in [0.3, 0.4) is 0 Å². The van der Waals surface area contributed by atoms with Gasteiger partial charge >= 0.3 is 0 Å². The van der Waals surface area contributed by atoms with Gasteiger partial charge in [0, 0.05) is 32.2 Å². The van der Waals surface area contributed by atoms with Crippen molar-refractivity contribution < 1.29 is 9.84 Å². The van der Waals surface area contributed by atoms with Crippen LogP contribution in [0.25, 0.3) is 0 Å². The second-order valence-corrected chi connectivity index (χ2v) is 6.90. The Hall–Kier alpha value is -1.75.